The van der Waals surface area contributed by atoms with Gasteiger partial charge in [-0.3, -0.25) is 4.79 Å². The second kappa shape index (κ2) is 8.25. The van der Waals surface area contributed by atoms with E-state index in [0.29, 0.717) is 35.3 Å². The van der Waals surface area contributed by atoms with Crippen molar-refractivity contribution >= 4 is 17.5 Å². The fraction of sp³-hybridized carbons (Fsp3) is 0.562. The minimum absolute atomic E-state index is 0.140. The van der Waals surface area contributed by atoms with Crippen LogP contribution in [0, 0.1) is 0 Å². The number of amides is 1. The van der Waals surface area contributed by atoms with E-state index in [9.17, 15) is 4.79 Å². The Kier molecular flexibility index (Phi) is 6.34. The summed E-state index contributed by atoms with van der Waals surface area (Å²) in [5.41, 5.74) is 0.490. The molecule has 2 N–H and O–H groups in total. The molecule has 1 aliphatic rings. The SMILES string of the molecule is CCCOc1c(Cl)cc(C(=O)NC2CCNC2)cc1OCC. The number of benzene rings is 1. The van der Waals surface area contributed by atoms with Crippen LogP contribution in [0.25, 0.3) is 0 Å². The second-order valence-corrected chi connectivity index (χ2v) is 5.64. The van der Waals surface area contributed by atoms with Crippen molar-refractivity contribution in [1.82, 2.24) is 10.6 Å². The zero-order valence-electron chi connectivity index (χ0n) is 13.1. The van der Waals surface area contributed by atoms with Crippen LogP contribution < -0.4 is 20.1 Å². The first kappa shape index (κ1) is 16.9. The lowest BCUT2D eigenvalue weighted by Crippen LogP contribution is -2.36. The molecule has 0 saturated carbocycles. The Hall–Kier alpha value is -1.46. The van der Waals surface area contributed by atoms with Crippen molar-refractivity contribution in [1.29, 1.82) is 0 Å². The highest BCUT2D eigenvalue weighted by Gasteiger charge is 2.20. The molecule has 0 aliphatic carbocycles. The number of rotatable bonds is 7. The van der Waals surface area contributed by atoms with Crippen molar-refractivity contribution in [3.05, 3.63) is 22.7 Å². The smallest absolute Gasteiger partial charge is 0.251 e. The first-order valence-corrected chi connectivity index (χ1v) is 8.14. The molecule has 1 aliphatic heterocycles. The lowest BCUT2D eigenvalue weighted by Gasteiger charge is -2.16. The summed E-state index contributed by atoms with van der Waals surface area (Å²) in [6, 6.07) is 3.49. The van der Waals surface area contributed by atoms with Crippen molar-refractivity contribution in [3.63, 3.8) is 0 Å². The van der Waals surface area contributed by atoms with E-state index in [1.54, 1.807) is 12.1 Å². The molecule has 1 fully saturated rings. The van der Waals surface area contributed by atoms with Crippen LogP contribution in [-0.2, 0) is 0 Å². The number of carbonyl (C=O) groups is 1. The Morgan fingerprint density at radius 1 is 1.41 bits per heavy atom. The Balaban J connectivity index is 2.18. The second-order valence-electron chi connectivity index (χ2n) is 5.23. The molecule has 1 aromatic carbocycles. The Morgan fingerprint density at radius 2 is 2.23 bits per heavy atom. The van der Waals surface area contributed by atoms with Crippen LogP contribution in [0.15, 0.2) is 12.1 Å². The quantitative estimate of drug-likeness (QED) is 0.808. The lowest BCUT2D eigenvalue weighted by atomic mass is 10.1. The van der Waals surface area contributed by atoms with E-state index in [2.05, 4.69) is 10.6 Å². The molecule has 2 rings (SSSR count). The molecule has 1 atom stereocenters. The van der Waals surface area contributed by atoms with E-state index >= 15 is 0 Å². The van der Waals surface area contributed by atoms with Gasteiger partial charge in [-0.1, -0.05) is 18.5 Å². The van der Waals surface area contributed by atoms with Crippen LogP contribution >= 0.6 is 11.6 Å². The molecule has 1 aromatic rings. The number of halogens is 1. The van der Waals surface area contributed by atoms with E-state index in [0.717, 1.165) is 25.9 Å². The van der Waals surface area contributed by atoms with Gasteiger partial charge in [0.15, 0.2) is 11.5 Å². The molecule has 122 valence electrons. The third kappa shape index (κ3) is 4.27. The first-order chi connectivity index (χ1) is 10.7. The molecular weight excluding hydrogens is 304 g/mol. The van der Waals surface area contributed by atoms with Gasteiger partial charge in [-0.05, 0) is 38.4 Å². The fourth-order valence-corrected chi connectivity index (χ4v) is 2.62. The maximum atomic E-state index is 12.3. The first-order valence-electron chi connectivity index (χ1n) is 7.76. The van der Waals surface area contributed by atoms with E-state index < -0.39 is 0 Å². The van der Waals surface area contributed by atoms with Gasteiger partial charge in [0.2, 0.25) is 0 Å². The van der Waals surface area contributed by atoms with Gasteiger partial charge in [0.1, 0.15) is 0 Å². The van der Waals surface area contributed by atoms with Crippen molar-refractivity contribution in [3.8, 4) is 11.5 Å². The van der Waals surface area contributed by atoms with E-state index in [1.165, 1.54) is 0 Å². The van der Waals surface area contributed by atoms with E-state index in [4.69, 9.17) is 21.1 Å². The number of nitrogens with one attached hydrogen (secondary N) is 2. The molecule has 0 spiro atoms. The van der Waals surface area contributed by atoms with Crippen LogP contribution in [0.1, 0.15) is 37.0 Å². The van der Waals surface area contributed by atoms with Crippen molar-refractivity contribution in [2.45, 2.75) is 32.7 Å². The Bertz CT molecular complexity index is 516. The topological polar surface area (TPSA) is 59.6 Å². The minimum Gasteiger partial charge on any atom is -0.490 e. The summed E-state index contributed by atoms with van der Waals surface area (Å²) < 4.78 is 11.2. The monoisotopic (exact) mass is 326 g/mol. The van der Waals surface area contributed by atoms with Crippen LogP contribution in [0.4, 0.5) is 0 Å². The number of ether oxygens (including phenoxy) is 2. The van der Waals surface area contributed by atoms with Gasteiger partial charge >= 0.3 is 0 Å². The number of hydrogen-bond donors (Lipinski definition) is 2. The van der Waals surface area contributed by atoms with Gasteiger partial charge in [0, 0.05) is 18.2 Å². The van der Waals surface area contributed by atoms with Crippen LogP contribution in [-0.4, -0.2) is 38.3 Å². The molecule has 1 heterocycles. The van der Waals surface area contributed by atoms with E-state index in [-0.39, 0.29) is 11.9 Å². The maximum absolute atomic E-state index is 12.3. The van der Waals surface area contributed by atoms with Crippen molar-refractivity contribution < 1.29 is 14.3 Å². The van der Waals surface area contributed by atoms with Gasteiger partial charge < -0.3 is 20.1 Å². The van der Waals surface area contributed by atoms with Crippen molar-refractivity contribution in [2.24, 2.45) is 0 Å². The molecule has 1 amide bonds. The minimum atomic E-state index is -0.140. The number of hydrogen-bond acceptors (Lipinski definition) is 4. The lowest BCUT2D eigenvalue weighted by molar-refractivity contribution is 0.0939. The average Bonchev–Trinajstić information content (AvgIpc) is 2.99. The molecule has 0 radical (unpaired) electrons. The molecular formula is C16H23ClN2O3. The molecule has 0 bridgehead atoms. The molecule has 1 saturated heterocycles. The largest absolute Gasteiger partial charge is 0.490 e. The average molecular weight is 327 g/mol. The molecule has 22 heavy (non-hydrogen) atoms. The Morgan fingerprint density at radius 3 is 2.86 bits per heavy atom. The van der Waals surface area contributed by atoms with Gasteiger partial charge in [-0.2, -0.15) is 0 Å². The van der Waals surface area contributed by atoms with Gasteiger partial charge in [0.05, 0.1) is 18.2 Å². The normalized spacial score (nSPS) is 17.3. The van der Waals surface area contributed by atoms with Gasteiger partial charge in [0.25, 0.3) is 5.91 Å². The van der Waals surface area contributed by atoms with Gasteiger partial charge in [-0.25, -0.2) is 0 Å². The van der Waals surface area contributed by atoms with Crippen LogP contribution in [0.3, 0.4) is 0 Å². The summed E-state index contributed by atoms with van der Waals surface area (Å²) in [5.74, 6) is 0.876. The predicted molar refractivity (Wildman–Crippen MR) is 87.1 cm³/mol. The summed E-state index contributed by atoms with van der Waals surface area (Å²) in [4.78, 5) is 12.3. The van der Waals surface area contributed by atoms with Crippen LogP contribution in [0.2, 0.25) is 5.02 Å². The highest BCUT2D eigenvalue weighted by atomic mass is 35.5. The van der Waals surface area contributed by atoms with E-state index in [1.807, 2.05) is 13.8 Å². The maximum Gasteiger partial charge on any atom is 0.251 e. The molecule has 1 unspecified atom stereocenters. The molecule has 5 nitrogen and oxygen atoms in total. The highest BCUT2D eigenvalue weighted by Crippen LogP contribution is 2.36. The standard InChI is InChI=1S/C16H23ClN2O3/c1-3-7-22-15-13(17)8-11(9-14(15)21-4-2)16(20)19-12-5-6-18-10-12/h8-9,12,18H,3-7,10H2,1-2H3,(H,19,20). The zero-order valence-corrected chi connectivity index (χ0v) is 13.8. The predicted octanol–water partition coefficient (Wildman–Crippen LogP) is 2.62. The summed E-state index contributed by atoms with van der Waals surface area (Å²) in [7, 11) is 0. The summed E-state index contributed by atoms with van der Waals surface area (Å²) in [5, 5.41) is 6.61. The fourth-order valence-electron chi connectivity index (χ4n) is 2.35. The Labute approximate surface area is 136 Å². The highest BCUT2D eigenvalue weighted by molar-refractivity contribution is 6.32. The summed E-state index contributed by atoms with van der Waals surface area (Å²) >= 11 is 6.27. The number of carbonyl (C=O) groups excluding carboxylic acids is 1. The zero-order chi connectivity index (χ0) is 15.9. The third-order valence-electron chi connectivity index (χ3n) is 3.42. The van der Waals surface area contributed by atoms with Gasteiger partial charge in [-0.15, -0.1) is 0 Å². The molecule has 0 aromatic heterocycles. The summed E-state index contributed by atoms with van der Waals surface area (Å²) in [6.07, 6.45) is 1.81. The molecule has 6 heteroatoms. The third-order valence-corrected chi connectivity index (χ3v) is 3.70. The van der Waals surface area contributed by atoms with Crippen molar-refractivity contribution in [2.75, 3.05) is 26.3 Å². The van der Waals surface area contributed by atoms with Crippen LogP contribution in [0.5, 0.6) is 11.5 Å². The summed E-state index contributed by atoms with van der Waals surface area (Å²) in [6.45, 7) is 6.67.